The number of fused-ring (bicyclic) bond motifs is 1. The molecule has 0 radical (unpaired) electrons. The first-order chi connectivity index (χ1) is 5.67. The monoisotopic (exact) mass is 225 g/mol. The molecular formula is C6H12ClN3O2S. The molecular weight excluding hydrogens is 214 g/mol. The fourth-order valence-electron chi connectivity index (χ4n) is 1.35. The number of nitrogens with zero attached hydrogens (tertiary/aromatic N) is 1. The zero-order valence-electron chi connectivity index (χ0n) is 6.99. The zero-order chi connectivity index (χ0) is 8.60. The summed E-state index contributed by atoms with van der Waals surface area (Å²) in [5.74, 6) is 0.872. The first-order valence-corrected chi connectivity index (χ1v) is 5.52. The van der Waals surface area contributed by atoms with Gasteiger partial charge in [-0.25, -0.2) is 8.42 Å². The van der Waals surface area contributed by atoms with Crippen LogP contribution in [0.25, 0.3) is 0 Å². The molecule has 76 valence electrons. The van der Waals surface area contributed by atoms with Gasteiger partial charge in [0.2, 0.25) is 10.0 Å². The molecule has 2 rings (SSSR count). The highest BCUT2D eigenvalue weighted by atomic mass is 35.5. The van der Waals surface area contributed by atoms with Crippen molar-refractivity contribution in [2.24, 2.45) is 0 Å². The smallest absolute Gasteiger partial charge is 0.235 e. The molecule has 1 saturated heterocycles. The molecule has 2 aliphatic heterocycles. The summed E-state index contributed by atoms with van der Waals surface area (Å²) in [4.78, 5) is 2.03. The van der Waals surface area contributed by atoms with E-state index in [1.807, 2.05) is 4.90 Å². The molecule has 0 aliphatic carbocycles. The number of nitrogens with one attached hydrogen (secondary N) is 2. The van der Waals surface area contributed by atoms with E-state index in [1.54, 1.807) is 6.20 Å². The van der Waals surface area contributed by atoms with E-state index in [1.165, 1.54) is 0 Å². The second-order valence-electron chi connectivity index (χ2n) is 2.89. The molecule has 2 heterocycles. The molecule has 0 unspecified atom stereocenters. The Morgan fingerprint density at radius 3 is 2.92 bits per heavy atom. The average molecular weight is 226 g/mol. The summed E-state index contributed by atoms with van der Waals surface area (Å²) in [6, 6.07) is 0. The molecule has 13 heavy (non-hydrogen) atoms. The van der Waals surface area contributed by atoms with Crippen molar-refractivity contribution in [3.63, 3.8) is 0 Å². The van der Waals surface area contributed by atoms with Gasteiger partial charge in [-0.15, -0.1) is 12.4 Å². The van der Waals surface area contributed by atoms with Crippen LogP contribution in [0.3, 0.4) is 0 Å². The fourth-order valence-corrected chi connectivity index (χ4v) is 2.42. The Balaban J connectivity index is 0.000000845. The molecule has 0 spiro atoms. The number of sulfonamides is 1. The van der Waals surface area contributed by atoms with Crippen LogP contribution in [0.2, 0.25) is 0 Å². The Labute approximate surface area is 83.6 Å². The predicted octanol–water partition coefficient (Wildman–Crippen LogP) is -0.955. The van der Waals surface area contributed by atoms with Crippen LogP contribution in [0, 0.1) is 0 Å². The van der Waals surface area contributed by atoms with Crippen molar-refractivity contribution >= 4 is 22.4 Å². The lowest BCUT2D eigenvalue weighted by atomic mass is 10.4. The summed E-state index contributed by atoms with van der Waals surface area (Å²) >= 11 is 0. The van der Waals surface area contributed by atoms with Crippen LogP contribution in [0.4, 0.5) is 0 Å². The summed E-state index contributed by atoms with van der Waals surface area (Å²) in [6.45, 7) is 2.35. The van der Waals surface area contributed by atoms with Gasteiger partial charge in [0.25, 0.3) is 0 Å². The van der Waals surface area contributed by atoms with Gasteiger partial charge in [0.05, 0.1) is 5.75 Å². The summed E-state index contributed by atoms with van der Waals surface area (Å²) in [5.41, 5.74) is 0. The van der Waals surface area contributed by atoms with E-state index in [2.05, 4.69) is 10.0 Å². The van der Waals surface area contributed by atoms with Crippen LogP contribution in [-0.4, -0.2) is 38.7 Å². The Bertz CT molecular complexity index is 314. The lowest BCUT2D eigenvalue weighted by Gasteiger charge is -2.34. The third-order valence-corrected chi connectivity index (χ3v) is 3.24. The van der Waals surface area contributed by atoms with Crippen molar-refractivity contribution in [3.8, 4) is 0 Å². The standard InChI is InChI=1S/C6H11N3O2S.ClH/c10-12(11)4-3-9-2-1-7-5-6(9)8-12;/h5,7-8H,1-4H2;1H. The van der Waals surface area contributed by atoms with Gasteiger partial charge in [-0.3, -0.25) is 4.72 Å². The van der Waals surface area contributed by atoms with E-state index in [4.69, 9.17) is 0 Å². The second kappa shape index (κ2) is 3.63. The van der Waals surface area contributed by atoms with Crippen LogP contribution in [0.5, 0.6) is 0 Å². The highest BCUT2D eigenvalue weighted by Gasteiger charge is 2.25. The molecule has 0 aromatic rings. The molecule has 0 atom stereocenters. The normalized spacial score (nSPS) is 24.3. The first-order valence-electron chi connectivity index (χ1n) is 3.86. The van der Waals surface area contributed by atoms with Gasteiger partial charge in [0.1, 0.15) is 5.82 Å². The minimum atomic E-state index is -3.05. The third kappa shape index (κ3) is 2.19. The molecule has 0 bridgehead atoms. The second-order valence-corrected chi connectivity index (χ2v) is 4.73. The molecule has 0 saturated carbocycles. The van der Waals surface area contributed by atoms with Gasteiger partial charge in [0, 0.05) is 25.8 Å². The molecule has 1 fully saturated rings. The van der Waals surface area contributed by atoms with E-state index < -0.39 is 10.0 Å². The van der Waals surface area contributed by atoms with Crippen LogP contribution in [0.1, 0.15) is 0 Å². The molecule has 5 nitrogen and oxygen atoms in total. The third-order valence-electron chi connectivity index (χ3n) is 2.00. The lowest BCUT2D eigenvalue weighted by Crippen LogP contribution is -2.50. The summed E-state index contributed by atoms with van der Waals surface area (Å²) in [6.07, 6.45) is 1.71. The van der Waals surface area contributed by atoms with Crippen LogP contribution in [-0.2, 0) is 10.0 Å². The number of halogens is 1. The number of hydrogen-bond donors (Lipinski definition) is 2. The topological polar surface area (TPSA) is 61.4 Å². The highest BCUT2D eigenvalue weighted by Crippen LogP contribution is 2.10. The lowest BCUT2D eigenvalue weighted by molar-refractivity contribution is 0.319. The van der Waals surface area contributed by atoms with Crippen molar-refractivity contribution in [1.82, 2.24) is 14.9 Å². The van der Waals surface area contributed by atoms with E-state index in [-0.39, 0.29) is 18.2 Å². The van der Waals surface area contributed by atoms with Crippen molar-refractivity contribution in [2.45, 2.75) is 0 Å². The van der Waals surface area contributed by atoms with Crippen molar-refractivity contribution in [2.75, 3.05) is 25.4 Å². The SMILES string of the molecule is Cl.O=S1(=O)CCN2CCNC=C2N1. The minimum Gasteiger partial charge on any atom is -0.386 e. The van der Waals surface area contributed by atoms with E-state index in [0.717, 1.165) is 13.1 Å². The van der Waals surface area contributed by atoms with Gasteiger partial charge in [-0.2, -0.15) is 0 Å². The van der Waals surface area contributed by atoms with E-state index >= 15 is 0 Å². The number of hydrogen-bond acceptors (Lipinski definition) is 4. The Morgan fingerprint density at radius 1 is 1.38 bits per heavy atom. The van der Waals surface area contributed by atoms with Crippen LogP contribution in [0.15, 0.2) is 12.0 Å². The molecule has 0 aromatic heterocycles. The highest BCUT2D eigenvalue weighted by molar-refractivity contribution is 7.89. The largest absolute Gasteiger partial charge is 0.386 e. The average Bonchev–Trinajstić information content (AvgIpc) is 2.02. The van der Waals surface area contributed by atoms with Gasteiger partial charge < -0.3 is 10.2 Å². The van der Waals surface area contributed by atoms with Crippen molar-refractivity contribution < 1.29 is 8.42 Å². The van der Waals surface area contributed by atoms with Crippen molar-refractivity contribution in [1.29, 1.82) is 0 Å². The molecule has 7 heteroatoms. The zero-order valence-corrected chi connectivity index (χ0v) is 8.62. The summed E-state index contributed by atoms with van der Waals surface area (Å²) in [5, 5.41) is 2.99. The first kappa shape index (κ1) is 10.5. The quantitative estimate of drug-likeness (QED) is 0.558. The minimum absolute atomic E-state index is 0. The predicted molar refractivity (Wildman–Crippen MR) is 51.8 cm³/mol. The van der Waals surface area contributed by atoms with Gasteiger partial charge in [0.15, 0.2) is 0 Å². The number of rotatable bonds is 0. The molecule has 2 N–H and O–H groups in total. The Hall–Kier alpha value is -0.620. The van der Waals surface area contributed by atoms with Gasteiger partial charge >= 0.3 is 0 Å². The summed E-state index contributed by atoms with van der Waals surface area (Å²) < 4.78 is 24.7. The fraction of sp³-hybridized carbons (Fsp3) is 0.667. The molecule has 2 aliphatic rings. The van der Waals surface area contributed by atoms with Crippen molar-refractivity contribution in [3.05, 3.63) is 12.0 Å². The van der Waals surface area contributed by atoms with Gasteiger partial charge in [-0.1, -0.05) is 0 Å². The Morgan fingerprint density at radius 2 is 2.15 bits per heavy atom. The maximum absolute atomic E-state index is 11.1. The van der Waals surface area contributed by atoms with Gasteiger partial charge in [-0.05, 0) is 0 Å². The van der Waals surface area contributed by atoms with Crippen LogP contribution < -0.4 is 10.0 Å². The molecule has 0 amide bonds. The van der Waals surface area contributed by atoms with E-state index in [9.17, 15) is 8.42 Å². The van der Waals surface area contributed by atoms with E-state index in [0.29, 0.717) is 12.4 Å². The van der Waals surface area contributed by atoms with Crippen LogP contribution >= 0.6 is 12.4 Å². The summed E-state index contributed by atoms with van der Waals surface area (Å²) in [7, 11) is -3.05. The maximum atomic E-state index is 11.1. The Kier molecular flexibility index (Phi) is 2.92. The molecule has 0 aromatic carbocycles. The maximum Gasteiger partial charge on any atom is 0.235 e.